The molecule has 0 aliphatic heterocycles. The number of aromatic nitrogens is 2. The Morgan fingerprint density at radius 3 is 2.79 bits per heavy atom. The summed E-state index contributed by atoms with van der Waals surface area (Å²) in [5, 5.41) is 0. The Kier molecular flexibility index (Phi) is 3.24. The molecule has 1 heterocycles. The van der Waals surface area contributed by atoms with Gasteiger partial charge < -0.3 is 15.5 Å². The van der Waals surface area contributed by atoms with E-state index in [2.05, 4.69) is 9.97 Å². The molecule has 1 unspecified atom stereocenters. The first-order chi connectivity index (χ1) is 6.56. The van der Waals surface area contributed by atoms with Crippen molar-refractivity contribution in [2.75, 3.05) is 12.3 Å². The van der Waals surface area contributed by atoms with Gasteiger partial charge in [0, 0.05) is 6.61 Å². The number of nitrogens with two attached hydrogens (primary N) is 1. The molecule has 3 N–H and O–H groups in total. The fourth-order valence-corrected chi connectivity index (χ4v) is 1.09. The molecule has 1 aromatic rings. The zero-order valence-electron chi connectivity index (χ0n) is 8.63. The van der Waals surface area contributed by atoms with Crippen LogP contribution in [-0.4, -0.2) is 16.6 Å². The summed E-state index contributed by atoms with van der Waals surface area (Å²) in [4.78, 5) is 18.0. The smallest absolute Gasteiger partial charge is 0.255 e. The summed E-state index contributed by atoms with van der Waals surface area (Å²) in [6, 6.07) is 0. The number of ether oxygens (including phenoxy) is 1. The van der Waals surface area contributed by atoms with Crippen molar-refractivity contribution in [2.45, 2.75) is 26.9 Å². The maximum absolute atomic E-state index is 11.3. The second-order valence-corrected chi connectivity index (χ2v) is 3.06. The molecular formula is C9H15N3O2. The molecule has 78 valence electrons. The van der Waals surface area contributed by atoms with E-state index in [1.807, 2.05) is 13.8 Å². The molecule has 1 atom stereocenters. The highest BCUT2D eigenvalue weighted by Gasteiger charge is 2.10. The van der Waals surface area contributed by atoms with E-state index >= 15 is 0 Å². The van der Waals surface area contributed by atoms with E-state index in [9.17, 15) is 4.79 Å². The van der Waals surface area contributed by atoms with Gasteiger partial charge in [0.2, 0.25) is 0 Å². The molecule has 0 saturated heterocycles. The number of aromatic amines is 1. The minimum Gasteiger partial charge on any atom is -0.383 e. The summed E-state index contributed by atoms with van der Waals surface area (Å²) in [5.74, 6) is 0.732. The van der Waals surface area contributed by atoms with Crippen molar-refractivity contribution in [3.8, 4) is 0 Å². The highest BCUT2D eigenvalue weighted by atomic mass is 16.5. The van der Waals surface area contributed by atoms with Gasteiger partial charge in [0.15, 0.2) is 0 Å². The number of nitrogens with zero attached hydrogens (tertiary/aromatic N) is 1. The molecule has 0 spiro atoms. The Balaban J connectivity index is 3.06. The van der Waals surface area contributed by atoms with Crippen LogP contribution in [0.25, 0.3) is 0 Å². The summed E-state index contributed by atoms with van der Waals surface area (Å²) in [7, 11) is 0. The maximum atomic E-state index is 11.3. The van der Waals surface area contributed by atoms with Crippen molar-refractivity contribution in [1.82, 2.24) is 9.97 Å². The molecule has 0 aliphatic rings. The topological polar surface area (TPSA) is 81.0 Å². The second kappa shape index (κ2) is 4.23. The van der Waals surface area contributed by atoms with Gasteiger partial charge in [0.25, 0.3) is 5.56 Å². The fourth-order valence-electron chi connectivity index (χ4n) is 1.09. The van der Waals surface area contributed by atoms with E-state index < -0.39 is 0 Å². The molecule has 0 amide bonds. The largest absolute Gasteiger partial charge is 0.383 e. The minimum atomic E-state index is -0.240. The average molecular weight is 197 g/mol. The third kappa shape index (κ3) is 2.11. The molecular weight excluding hydrogens is 182 g/mol. The summed E-state index contributed by atoms with van der Waals surface area (Å²) in [6.45, 7) is 5.90. The molecule has 0 fully saturated rings. The molecule has 0 bridgehead atoms. The molecule has 5 heteroatoms. The van der Waals surface area contributed by atoms with Gasteiger partial charge in [-0.3, -0.25) is 4.79 Å². The zero-order chi connectivity index (χ0) is 10.7. The van der Waals surface area contributed by atoms with Crippen LogP contribution >= 0.6 is 0 Å². The summed E-state index contributed by atoms with van der Waals surface area (Å²) in [5.41, 5.74) is 5.80. The van der Waals surface area contributed by atoms with E-state index in [0.717, 1.165) is 0 Å². The fraction of sp³-hybridized carbons (Fsp3) is 0.556. The molecule has 0 aromatic carbocycles. The first-order valence-electron chi connectivity index (χ1n) is 4.54. The first kappa shape index (κ1) is 10.7. The number of nitrogen functional groups attached to an aromatic ring is 1. The second-order valence-electron chi connectivity index (χ2n) is 3.06. The molecule has 1 rings (SSSR count). The third-order valence-corrected chi connectivity index (χ3v) is 2.01. The number of nitrogens with one attached hydrogen (secondary N) is 1. The van der Waals surface area contributed by atoms with Gasteiger partial charge in [0.1, 0.15) is 17.7 Å². The molecule has 0 aliphatic carbocycles. The van der Waals surface area contributed by atoms with E-state index in [-0.39, 0.29) is 17.5 Å². The molecule has 1 aromatic heterocycles. The predicted molar refractivity (Wildman–Crippen MR) is 54.0 cm³/mol. The van der Waals surface area contributed by atoms with Crippen molar-refractivity contribution < 1.29 is 4.74 Å². The van der Waals surface area contributed by atoms with Crippen LogP contribution in [0.4, 0.5) is 5.82 Å². The molecule has 0 radical (unpaired) electrons. The zero-order valence-corrected chi connectivity index (χ0v) is 8.63. The number of H-pyrrole nitrogens is 1. The van der Waals surface area contributed by atoms with Gasteiger partial charge >= 0.3 is 0 Å². The molecule has 0 saturated carbocycles. The van der Waals surface area contributed by atoms with Crippen LogP contribution in [0.15, 0.2) is 4.79 Å². The number of rotatable bonds is 3. The monoisotopic (exact) mass is 197 g/mol. The van der Waals surface area contributed by atoms with Crippen LogP contribution in [0.3, 0.4) is 0 Å². The Hall–Kier alpha value is -1.36. The van der Waals surface area contributed by atoms with Crippen LogP contribution in [-0.2, 0) is 4.74 Å². The van der Waals surface area contributed by atoms with Gasteiger partial charge in [-0.15, -0.1) is 0 Å². The molecule has 14 heavy (non-hydrogen) atoms. The van der Waals surface area contributed by atoms with Crippen molar-refractivity contribution in [1.29, 1.82) is 0 Å². The lowest BCUT2D eigenvalue weighted by Gasteiger charge is -2.11. The van der Waals surface area contributed by atoms with Gasteiger partial charge in [-0.25, -0.2) is 4.98 Å². The van der Waals surface area contributed by atoms with Gasteiger partial charge in [0.05, 0.1) is 5.56 Å². The average Bonchev–Trinajstić information content (AvgIpc) is 2.13. The van der Waals surface area contributed by atoms with E-state index in [1.165, 1.54) is 0 Å². The van der Waals surface area contributed by atoms with Crippen molar-refractivity contribution in [3.05, 3.63) is 21.7 Å². The highest BCUT2D eigenvalue weighted by Crippen LogP contribution is 2.12. The predicted octanol–water partition coefficient (Wildman–Crippen LogP) is 0.758. The number of hydrogen-bond acceptors (Lipinski definition) is 4. The molecule has 5 nitrogen and oxygen atoms in total. The normalized spacial score (nSPS) is 12.8. The summed E-state index contributed by atoms with van der Waals surface area (Å²) in [6.07, 6.45) is -0.240. The standard InChI is InChI=1S/C9H15N3O2/c1-4-14-6(3)8-11-7(10)5(2)9(13)12-8/h6H,4H2,1-3H3,(H3,10,11,12,13). The SMILES string of the molecule is CCOC(C)c1nc(N)c(C)c(=O)[nH]1. The van der Waals surface area contributed by atoms with E-state index in [0.29, 0.717) is 18.0 Å². The summed E-state index contributed by atoms with van der Waals surface area (Å²) < 4.78 is 5.29. The number of anilines is 1. The lowest BCUT2D eigenvalue weighted by atomic mass is 10.3. The van der Waals surface area contributed by atoms with Crippen LogP contribution in [0, 0.1) is 6.92 Å². The van der Waals surface area contributed by atoms with E-state index in [1.54, 1.807) is 6.92 Å². The van der Waals surface area contributed by atoms with Gasteiger partial charge in [-0.05, 0) is 20.8 Å². The van der Waals surface area contributed by atoms with E-state index in [4.69, 9.17) is 10.5 Å². The minimum absolute atomic E-state index is 0.209. The third-order valence-electron chi connectivity index (χ3n) is 2.01. The Morgan fingerprint density at radius 2 is 2.29 bits per heavy atom. The van der Waals surface area contributed by atoms with Crippen LogP contribution in [0.1, 0.15) is 31.3 Å². The summed E-state index contributed by atoms with van der Waals surface area (Å²) >= 11 is 0. The lowest BCUT2D eigenvalue weighted by Crippen LogP contribution is -2.19. The Bertz CT molecular complexity index is 373. The van der Waals surface area contributed by atoms with Crippen molar-refractivity contribution in [2.24, 2.45) is 0 Å². The van der Waals surface area contributed by atoms with Crippen LogP contribution < -0.4 is 11.3 Å². The highest BCUT2D eigenvalue weighted by molar-refractivity contribution is 5.36. The van der Waals surface area contributed by atoms with Gasteiger partial charge in [-0.2, -0.15) is 0 Å². The number of hydrogen-bond donors (Lipinski definition) is 2. The first-order valence-corrected chi connectivity index (χ1v) is 4.54. The Morgan fingerprint density at radius 1 is 1.64 bits per heavy atom. The quantitative estimate of drug-likeness (QED) is 0.749. The van der Waals surface area contributed by atoms with Gasteiger partial charge in [-0.1, -0.05) is 0 Å². The van der Waals surface area contributed by atoms with Crippen LogP contribution in [0.2, 0.25) is 0 Å². The van der Waals surface area contributed by atoms with Crippen molar-refractivity contribution in [3.63, 3.8) is 0 Å². The lowest BCUT2D eigenvalue weighted by molar-refractivity contribution is 0.0699. The van der Waals surface area contributed by atoms with Crippen molar-refractivity contribution >= 4 is 5.82 Å². The van der Waals surface area contributed by atoms with Crippen LogP contribution in [0.5, 0.6) is 0 Å². The maximum Gasteiger partial charge on any atom is 0.255 e. The Labute approximate surface area is 82.3 Å².